The van der Waals surface area contributed by atoms with E-state index in [1.54, 1.807) is 0 Å². The molecular formula is C22H28N4O2. The topological polar surface area (TPSA) is 64.7 Å². The number of amides is 2. The first-order chi connectivity index (χ1) is 13.6. The molecule has 1 aliphatic rings. The Hall–Kier alpha value is -2.86. The zero-order valence-electron chi connectivity index (χ0n) is 16.4. The van der Waals surface area contributed by atoms with Crippen LogP contribution in [0.1, 0.15) is 12.0 Å². The van der Waals surface area contributed by atoms with E-state index in [0.717, 1.165) is 37.4 Å². The van der Waals surface area contributed by atoms with Crippen LogP contribution >= 0.6 is 0 Å². The molecule has 0 unspecified atom stereocenters. The Labute approximate surface area is 166 Å². The van der Waals surface area contributed by atoms with E-state index < -0.39 is 0 Å². The smallest absolute Gasteiger partial charge is 0.226 e. The van der Waals surface area contributed by atoms with Crippen LogP contribution < -0.4 is 15.5 Å². The van der Waals surface area contributed by atoms with Gasteiger partial charge in [-0.25, -0.2) is 0 Å². The molecule has 0 saturated carbocycles. The van der Waals surface area contributed by atoms with Crippen molar-refractivity contribution in [2.75, 3.05) is 50.0 Å². The van der Waals surface area contributed by atoms with E-state index in [9.17, 15) is 9.59 Å². The highest BCUT2D eigenvalue weighted by atomic mass is 16.2. The number of piperazine rings is 1. The van der Waals surface area contributed by atoms with Crippen molar-refractivity contribution in [1.29, 1.82) is 0 Å². The molecular weight excluding hydrogens is 352 g/mol. The van der Waals surface area contributed by atoms with Gasteiger partial charge in [0.2, 0.25) is 11.8 Å². The minimum Gasteiger partial charge on any atom is -0.369 e. The Morgan fingerprint density at radius 3 is 2.25 bits per heavy atom. The molecule has 28 heavy (non-hydrogen) atoms. The second-order valence-electron chi connectivity index (χ2n) is 7.15. The highest BCUT2D eigenvalue weighted by molar-refractivity contribution is 5.91. The van der Waals surface area contributed by atoms with Crippen LogP contribution in [0.5, 0.6) is 0 Å². The molecule has 0 atom stereocenters. The number of likely N-dealkylation sites (N-methyl/N-ethyl adjacent to an activating group) is 1. The molecule has 1 aliphatic heterocycles. The van der Waals surface area contributed by atoms with Gasteiger partial charge in [-0.2, -0.15) is 0 Å². The highest BCUT2D eigenvalue weighted by Gasteiger charge is 2.14. The number of carbonyl (C=O) groups is 2. The number of benzene rings is 2. The summed E-state index contributed by atoms with van der Waals surface area (Å²) < 4.78 is 0. The van der Waals surface area contributed by atoms with Gasteiger partial charge >= 0.3 is 0 Å². The van der Waals surface area contributed by atoms with Gasteiger partial charge < -0.3 is 20.4 Å². The second-order valence-corrected chi connectivity index (χ2v) is 7.15. The summed E-state index contributed by atoms with van der Waals surface area (Å²) in [7, 11) is 2.14. The lowest BCUT2D eigenvalue weighted by atomic mass is 10.1. The van der Waals surface area contributed by atoms with Crippen LogP contribution in [0.2, 0.25) is 0 Å². The van der Waals surface area contributed by atoms with Gasteiger partial charge in [-0.1, -0.05) is 30.3 Å². The maximum atomic E-state index is 12.1. The maximum Gasteiger partial charge on any atom is 0.226 e. The quantitative estimate of drug-likeness (QED) is 0.772. The lowest BCUT2D eigenvalue weighted by Crippen LogP contribution is -2.44. The number of hydrogen-bond acceptors (Lipinski definition) is 4. The van der Waals surface area contributed by atoms with Crippen molar-refractivity contribution in [3.8, 4) is 0 Å². The number of nitrogens with one attached hydrogen (secondary N) is 2. The van der Waals surface area contributed by atoms with Gasteiger partial charge in [-0.15, -0.1) is 0 Å². The van der Waals surface area contributed by atoms with Gasteiger partial charge in [0.25, 0.3) is 0 Å². The molecule has 2 aromatic rings. The minimum absolute atomic E-state index is 0.0736. The molecule has 0 spiro atoms. The summed E-state index contributed by atoms with van der Waals surface area (Å²) in [6, 6.07) is 17.5. The summed E-state index contributed by atoms with van der Waals surface area (Å²) in [5.41, 5.74) is 2.92. The molecule has 0 radical (unpaired) electrons. The van der Waals surface area contributed by atoms with Crippen molar-refractivity contribution in [2.45, 2.75) is 12.8 Å². The number of carbonyl (C=O) groups excluding carboxylic acids is 2. The Morgan fingerprint density at radius 2 is 1.57 bits per heavy atom. The molecule has 1 saturated heterocycles. The van der Waals surface area contributed by atoms with Gasteiger partial charge in [0.05, 0.1) is 6.42 Å². The van der Waals surface area contributed by atoms with E-state index >= 15 is 0 Å². The number of anilines is 2. The molecule has 148 valence electrons. The summed E-state index contributed by atoms with van der Waals surface area (Å²) in [5, 5.41) is 5.68. The molecule has 1 fully saturated rings. The predicted octanol–water partition coefficient (Wildman–Crippen LogP) is 2.13. The molecule has 2 N–H and O–H groups in total. The average Bonchev–Trinajstić information content (AvgIpc) is 2.70. The van der Waals surface area contributed by atoms with Crippen molar-refractivity contribution in [3.05, 3.63) is 60.2 Å². The first-order valence-corrected chi connectivity index (χ1v) is 9.74. The third kappa shape index (κ3) is 6.09. The molecule has 6 heteroatoms. The van der Waals surface area contributed by atoms with Crippen LogP contribution in [-0.2, 0) is 16.0 Å². The van der Waals surface area contributed by atoms with Crippen molar-refractivity contribution < 1.29 is 9.59 Å². The summed E-state index contributed by atoms with van der Waals surface area (Å²) in [6.45, 7) is 4.50. The lowest BCUT2D eigenvalue weighted by molar-refractivity contribution is -0.120. The van der Waals surface area contributed by atoms with Crippen molar-refractivity contribution in [1.82, 2.24) is 10.2 Å². The standard InChI is InChI=1S/C22H28N4O2/c1-25-13-15-26(16-14-25)20-9-7-19(8-10-20)24-21(27)11-12-23-22(28)17-18-5-3-2-4-6-18/h2-10H,11-17H2,1H3,(H,23,28)(H,24,27). The van der Waals surface area contributed by atoms with E-state index in [-0.39, 0.29) is 18.2 Å². The van der Waals surface area contributed by atoms with Crippen molar-refractivity contribution >= 4 is 23.2 Å². The lowest BCUT2D eigenvalue weighted by Gasteiger charge is -2.34. The third-order valence-corrected chi connectivity index (χ3v) is 4.90. The van der Waals surface area contributed by atoms with Gasteiger partial charge in [-0.3, -0.25) is 9.59 Å². The zero-order chi connectivity index (χ0) is 19.8. The van der Waals surface area contributed by atoms with Crippen LogP contribution in [0.4, 0.5) is 11.4 Å². The summed E-state index contributed by atoms with van der Waals surface area (Å²) in [6.07, 6.45) is 0.580. The molecule has 0 bridgehead atoms. The first-order valence-electron chi connectivity index (χ1n) is 9.74. The zero-order valence-corrected chi connectivity index (χ0v) is 16.4. The van der Waals surface area contributed by atoms with Crippen molar-refractivity contribution in [3.63, 3.8) is 0 Å². The van der Waals surface area contributed by atoms with Gasteiger partial charge in [-0.05, 0) is 36.9 Å². The number of nitrogens with zero attached hydrogens (tertiary/aromatic N) is 2. The molecule has 0 aromatic heterocycles. The minimum atomic E-state index is -0.104. The molecule has 1 heterocycles. The Kier molecular flexibility index (Phi) is 7.03. The normalized spacial score (nSPS) is 14.5. The fourth-order valence-corrected chi connectivity index (χ4v) is 3.20. The van der Waals surface area contributed by atoms with E-state index in [4.69, 9.17) is 0 Å². The average molecular weight is 380 g/mol. The third-order valence-electron chi connectivity index (χ3n) is 4.90. The predicted molar refractivity (Wildman–Crippen MR) is 113 cm³/mol. The SMILES string of the molecule is CN1CCN(c2ccc(NC(=O)CCNC(=O)Cc3ccccc3)cc2)CC1. The van der Waals surface area contributed by atoms with Crippen LogP contribution in [0, 0.1) is 0 Å². The molecule has 3 rings (SSSR count). The molecule has 2 amide bonds. The van der Waals surface area contributed by atoms with Crippen molar-refractivity contribution in [2.24, 2.45) is 0 Å². The van der Waals surface area contributed by atoms with E-state index in [2.05, 4.69) is 27.5 Å². The molecule has 2 aromatic carbocycles. The fraction of sp³-hybridized carbons (Fsp3) is 0.364. The first kappa shape index (κ1) is 19.9. The summed E-state index contributed by atoms with van der Waals surface area (Å²) in [4.78, 5) is 28.7. The molecule has 0 aliphatic carbocycles. The van der Waals surface area contributed by atoms with Crippen LogP contribution in [0.3, 0.4) is 0 Å². The van der Waals surface area contributed by atoms with Crippen LogP contribution in [0.25, 0.3) is 0 Å². The van der Waals surface area contributed by atoms with E-state index in [1.165, 1.54) is 5.69 Å². The maximum absolute atomic E-state index is 12.1. The van der Waals surface area contributed by atoms with E-state index in [0.29, 0.717) is 13.0 Å². The highest BCUT2D eigenvalue weighted by Crippen LogP contribution is 2.19. The Morgan fingerprint density at radius 1 is 0.893 bits per heavy atom. The van der Waals surface area contributed by atoms with Gasteiger partial charge in [0.1, 0.15) is 0 Å². The van der Waals surface area contributed by atoms with Crippen LogP contribution in [-0.4, -0.2) is 56.5 Å². The molecule has 6 nitrogen and oxygen atoms in total. The summed E-state index contributed by atoms with van der Waals surface area (Å²) in [5.74, 6) is -0.178. The monoisotopic (exact) mass is 380 g/mol. The van der Waals surface area contributed by atoms with Gasteiger partial charge in [0.15, 0.2) is 0 Å². The number of hydrogen-bond donors (Lipinski definition) is 2. The largest absolute Gasteiger partial charge is 0.369 e. The second kappa shape index (κ2) is 9.90. The van der Waals surface area contributed by atoms with Crippen LogP contribution in [0.15, 0.2) is 54.6 Å². The van der Waals surface area contributed by atoms with Gasteiger partial charge in [0, 0.05) is 50.5 Å². The number of rotatable bonds is 7. The van der Waals surface area contributed by atoms with E-state index in [1.807, 2.05) is 54.6 Å². The Balaban J connectivity index is 1.38. The summed E-state index contributed by atoms with van der Waals surface area (Å²) >= 11 is 0. The fourth-order valence-electron chi connectivity index (χ4n) is 3.20. The Bertz CT molecular complexity index is 769.